The molecule has 0 radical (unpaired) electrons. The predicted octanol–water partition coefficient (Wildman–Crippen LogP) is 3.40. The summed E-state index contributed by atoms with van der Waals surface area (Å²) in [6.45, 7) is 12.6. The van der Waals surface area contributed by atoms with Crippen LogP contribution in [0, 0.1) is 5.92 Å². The largest absolute Gasteiger partial charge is 0.369 e. The van der Waals surface area contributed by atoms with Crippen molar-refractivity contribution in [1.82, 2.24) is 0 Å². The van der Waals surface area contributed by atoms with Gasteiger partial charge in [0.1, 0.15) is 0 Å². The molecule has 0 aliphatic rings. The molecule has 72 valence electrons. The molecule has 0 aromatic rings. The summed E-state index contributed by atoms with van der Waals surface area (Å²) in [5, 5.41) is 0. The minimum atomic E-state index is -0.0409. The standard InChI is InChI=1S/C11H22O/c1-9(2)7-8-10(3)12-11(4,5)6/h7-10H,1-6H3/b8-7+. The molecule has 0 amide bonds. The zero-order valence-electron chi connectivity index (χ0n) is 9.22. The third kappa shape index (κ3) is 7.80. The van der Waals surface area contributed by atoms with Gasteiger partial charge in [0, 0.05) is 0 Å². The molecule has 0 N–H and O–H groups in total. The van der Waals surface area contributed by atoms with E-state index in [2.05, 4.69) is 53.7 Å². The van der Waals surface area contributed by atoms with Crippen molar-refractivity contribution in [3.05, 3.63) is 12.2 Å². The van der Waals surface area contributed by atoms with Gasteiger partial charge in [-0.2, -0.15) is 0 Å². The molecule has 0 heterocycles. The van der Waals surface area contributed by atoms with Crippen molar-refractivity contribution in [2.24, 2.45) is 5.92 Å². The van der Waals surface area contributed by atoms with Gasteiger partial charge in [0.2, 0.25) is 0 Å². The number of hydrogen-bond acceptors (Lipinski definition) is 1. The lowest BCUT2D eigenvalue weighted by molar-refractivity contribution is -0.0299. The van der Waals surface area contributed by atoms with Crippen LogP contribution >= 0.6 is 0 Å². The topological polar surface area (TPSA) is 9.23 Å². The predicted molar refractivity (Wildman–Crippen MR) is 54.3 cm³/mol. The minimum Gasteiger partial charge on any atom is -0.369 e. The van der Waals surface area contributed by atoms with Crippen LogP contribution in [0.25, 0.3) is 0 Å². The van der Waals surface area contributed by atoms with Crippen molar-refractivity contribution in [2.45, 2.75) is 53.2 Å². The lowest BCUT2D eigenvalue weighted by Crippen LogP contribution is -2.24. The molecule has 1 nitrogen and oxygen atoms in total. The van der Waals surface area contributed by atoms with Crippen LogP contribution in [0.4, 0.5) is 0 Å². The fraction of sp³-hybridized carbons (Fsp3) is 0.818. The van der Waals surface area contributed by atoms with Crippen molar-refractivity contribution in [3.8, 4) is 0 Å². The lowest BCUT2D eigenvalue weighted by Gasteiger charge is -2.23. The van der Waals surface area contributed by atoms with E-state index in [9.17, 15) is 0 Å². The summed E-state index contributed by atoms with van der Waals surface area (Å²) in [4.78, 5) is 0. The second kappa shape index (κ2) is 4.66. The van der Waals surface area contributed by atoms with Crippen LogP contribution in [-0.2, 0) is 4.74 Å². The van der Waals surface area contributed by atoms with Crippen molar-refractivity contribution >= 4 is 0 Å². The van der Waals surface area contributed by atoms with E-state index in [1.807, 2.05) is 0 Å². The summed E-state index contributed by atoms with van der Waals surface area (Å²) in [7, 11) is 0. The molecule has 0 aromatic heterocycles. The molecule has 0 bridgehead atoms. The molecule has 1 unspecified atom stereocenters. The highest BCUT2D eigenvalue weighted by atomic mass is 16.5. The van der Waals surface area contributed by atoms with E-state index in [0.29, 0.717) is 5.92 Å². The third-order valence-electron chi connectivity index (χ3n) is 1.31. The Morgan fingerprint density at radius 1 is 1.00 bits per heavy atom. The third-order valence-corrected chi connectivity index (χ3v) is 1.31. The first-order valence-electron chi connectivity index (χ1n) is 4.67. The van der Waals surface area contributed by atoms with Crippen LogP contribution in [0.15, 0.2) is 12.2 Å². The summed E-state index contributed by atoms with van der Waals surface area (Å²) < 4.78 is 5.70. The highest BCUT2D eigenvalue weighted by Gasteiger charge is 2.12. The molecule has 0 fully saturated rings. The molecule has 0 spiro atoms. The molecular formula is C11H22O. The molecule has 0 rings (SSSR count). The van der Waals surface area contributed by atoms with E-state index in [1.165, 1.54) is 0 Å². The number of ether oxygens (including phenoxy) is 1. The zero-order valence-corrected chi connectivity index (χ0v) is 9.22. The van der Waals surface area contributed by atoms with Crippen LogP contribution < -0.4 is 0 Å². The van der Waals surface area contributed by atoms with E-state index in [-0.39, 0.29) is 11.7 Å². The van der Waals surface area contributed by atoms with E-state index in [0.717, 1.165) is 0 Å². The van der Waals surface area contributed by atoms with Crippen LogP contribution in [0.2, 0.25) is 0 Å². The highest BCUT2D eigenvalue weighted by Crippen LogP contribution is 2.11. The lowest BCUT2D eigenvalue weighted by atomic mass is 10.1. The maximum absolute atomic E-state index is 5.70. The molecule has 0 saturated carbocycles. The highest BCUT2D eigenvalue weighted by molar-refractivity contribution is 4.90. The van der Waals surface area contributed by atoms with E-state index in [1.54, 1.807) is 0 Å². The molecule has 0 aromatic carbocycles. The molecular weight excluding hydrogens is 148 g/mol. The fourth-order valence-corrected chi connectivity index (χ4v) is 0.976. The van der Waals surface area contributed by atoms with Gasteiger partial charge in [-0.25, -0.2) is 0 Å². The van der Waals surface area contributed by atoms with Gasteiger partial charge in [0.25, 0.3) is 0 Å². The smallest absolute Gasteiger partial charge is 0.0734 e. The first kappa shape index (κ1) is 11.7. The Morgan fingerprint density at radius 3 is 1.83 bits per heavy atom. The second-order valence-electron chi connectivity index (χ2n) is 4.56. The molecule has 12 heavy (non-hydrogen) atoms. The van der Waals surface area contributed by atoms with Gasteiger partial charge in [-0.05, 0) is 33.6 Å². The Hall–Kier alpha value is -0.300. The maximum atomic E-state index is 5.70. The van der Waals surface area contributed by atoms with E-state index < -0.39 is 0 Å². The van der Waals surface area contributed by atoms with Gasteiger partial charge in [0.15, 0.2) is 0 Å². The van der Waals surface area contributed by atoms with E-state index >= 15 is 0 Å². The summed E-state index contributed by atoms with van der Waals surface area (Å²) in [5.74, 6) is 0.607. The van der Waals surface area contributed by atoms with Crippen molar-refractivity contribution in [2.75, 3.05) is 0 Å². The molecule has 1 atom stereocenters. The Balaban J connectivity index is 3.82. The minimum absolute atomic E-state index is 0.0409. The van der Waals surface area contributed by atoms with Gasteiger partial charge < -0.3 is 4.74 Å². The van der Waals surface area contributed by atoms with Crippen LogP contribution in [-0.4, -0.2) is 11.7 Å². The molecule has 0 aliphatic carbocycles. The molecule has 0 saturated heterocycles. The van der Waals surface area contributed by atoms with Gasteiger partial charge in [-0.3, -0.25) is 0 Å². The number of allylic oxidation sites excluding steroid dienone is 1. The monoisotopic (exact) mass is 170 g/mol. The number of hydrogen-bond donors (Lipinski definition) is 0. The van der Waals surface area contributed by atoms with Gasteiger partial charge in [-0.15, -0.1) is 0 Å². The number of rotatable bonds is 3. The van der Waals surface area contributed by atoms with Gasteiger partial charge >= 0.3 is 0 Å². The first-order chi connectivity index (χ1) is 5.31. The van der Waals surface area contributed by atoms with Crippen LogP contribution in [0.3, 0.4) is 0 Å². The summed E-state index contributed by atoms with van der Waals surface area (Å²) >= 11 is 0. The van der Waals surface area contributed by atoms with Crippen molar-refractivity contribution < 1.29 is 4.74 Å². The quantitative estimate of drug-likeness (QED) is 0.590. The Morgan fingerprint density at radius 2 is 1.50 bits per heavy atom. The Labute approximate surface area is 76.8 Å². The van der Waals surface area contributed by atoms with Gasteiger partial charge in [0.05, 0.1) is 11.7 Å². The van der Waals surface area contributed by atoms with E-state index in [4.69, 9.17) is 4.74 Å². The first-order valence-corrected chi connectivity index (χ1v) is 4.67. The average molecular weight is 170 g/mol. The molecule has 0 aliphatic heterocycles. The van der Waals surface area contributed by atoms with Crippen LogP contribution in [0.5, 0.6) is 0 Å². The maximum Gasteiger partial charge on any atom is 0.0734 e. The fourth-order valence-electron chi connectivity index (χ4n) is 0.976. The SMILES string of the molecule is CC(C)/C=C/C(C)OC(C)(C)C. The Bertz CT molecular complexity index is 140. The van der Waals surface area contributed by atoms with Gasteiger partial charge in [-0.1, -0.05) is 26.0 Å². The second-order valence-corrected chi connectivity index (χ2v) is 4.56. The summed E-state index contributed by atoms with van der Waals surface area (Å²) in [6.07, 6.45) is 4.51. The van der Waals surface area contributed by atoms with Crippen molar-refractivity contribution in [3.63, 3.8) is 0 Å². The Kier molecular flexibility index (Phi) is 4.54. The summed E-state index contributed by atoms with van der Waals surface area (Å²) in [6, 6.07) is 0. The van der Waals surface area contributed by atoms with Crippen molar-refractivity contribution in [1.29, 1.82) is 0 Å². The summed E-state index contributed by atoms with van der Waals surface area (Å²) in [5.41, 5.74) is -0.0409. The average Bonchev–Trinajstić information content (AvgIpc) is 1.79. The molecule has 1 heteroatoms. The normalized spacial score (nSPS) is 15.9. The zero-order chi connectivity index (χ0) is 9.78. The van der Waals surface area contributed by atoms with Crippen LogP contribution in [0.1, 0.15) is 41.5 Å².